The molecule has 0 aliphatic carbocycles. The predicted molar refractivity (Wildman–Crippen MR) is 99.9 cm³/mol. The fourth-order valence-electron chi connectivity index (χ4n) is 2.30. The van der Waals surface area contributed by atoms with E-state index < -0.39 is 0 Å². The first-order chi connectivity index (χ1) is 12.6. The summed E-state index contributed by atoms with van der Waals surface area (Å²) in [4.78, 5) is 23.3. The summed E-state index contributed by atoms with van der Waals surface area (Å²) < 4.78 is 5.48. The summed E-state index contributed by atoms with van der Waals surface area (Å²) in [6.07, 6.45) is 1.91. The van der Waals surface area contributed by atoms with Crippen LogP contribution in [-0.2, 0) is 16.0 Å². The van der Waals surface area contributed by atoms with Crippen molar-refractivity contribution in [2.24, 2.45) is 0 Å². The summed E-state index contributed by atoms with van der Waals surface area (Å²) in [5.74, 6) is 0.00194. The highest BCUT2D eigenvalue weighted by atomic mass is 16.5. The number of hydrogen-bond donors (Lipinski definition) is 2. The minimum Gasteiger partial charge on any atom is -0.484 e. The van der Waals surface area contributed by atoms with E-state index >= 15 is 0 Å². The number of benzene rings is 2. The Kier molecular flexibility index (Phi) is 7.19. The van der Waals surface area contributed by atoms with Crippen LogP contribution in [0, 0.1) is 11.3 Å². The van der Waals surface area contributed by atoms with Gasteiger partial charge >= 0.3 is 0 Å². The molecule has 6 heteroatoms. The molecule has 6 nitrogen and oxygen atoms in total. The number of hydrogen-bond acceptors (Lipinski definition) is 4. The molecule has 0 radical (unpaired) electrons. The molecule has 0 atom stereocenters. The fourth-order valence-corrected chi connectivity index (χ4v) is 2.30. The molecule has 26 heavy (non-hydrogen) atoms. The normalized spacial score (nSPS) is 9.85. The van der Waals surface area contributed by atoms with Gasteiger partial charge in [0.15, 0.2) is 6.61 Å². The molecule has 0 heterocycles. The van der Waals surface area contributed by atoms with Crippen LogP contribution in [0.25, 0.3) is 0 Å². The molecule has 2 aromatic rings. The highest BCUT2D eigenvalue weighted by Crippen LogP contribution is 2.15. The topological polar surface area (TPSA) is 91.2 Å². The van der Waals surface area contributed by atoms with E-state index in [1.54, 1.807) is 30.3 Å². The molecule has 2 rings (SSSR count). The van der Waals surface area contributed by atoms with Crippen molar-refractivity contribution in [1.82, 2.24) is 0 Å². The summed E-state index contributed by atoms with van der Waals surface area (Å²) in [5.41, 5.74) is 2.40. The van der Waals surface area contributed by atoms with Gasteiger partial charge in [0.1, 0.15) is 12.2 Å². The number of nitrogens with zero attached hydrogens (tertiary/aromatic N) is 1. The Balaban J connectivity index is 1.80. The van der Waals surface area contributed by atoms with Gasteiger partial charge in [-0.2, -0.15) is 5.26 Å². The van der Waals surface area contributed by atoms with Gasteiger partial charge in [-0.3, -0.25) is 9.59 Å². The highest BCUT2D eigenvalue weighted by Gasteiger charge is 2.05. The lowest BCUT2D eigenvalue weighted by Crippen LogP contribution is -2.20. The van der Waals surface area contributed by atoms with Crippen molar-refractivity contribution in [1.29, 1.82) is 5.26 Å². The Morgan fingerprint density at radius 3 is 2.08 bits per heavy atom. The molecule has 0 aromatic heterocycles. The van der Waals surface area contributed by atoms with Crippen LogP contribution in [0.15, 0.2) is 48.5 Å². The van der Waals surface area contributed by atoms with Gasteiger partial charge < -0.3 is 15.4 Å². The summed E-state index contributed by atoms with van der Waals surface area (Å²) in [7, 11) is 0. The van der Waals surface area contributed by atoms with Gasteiger partial charge in [-0.15, -0.1) is 0 Å². The first-order valence-corrected chi connectivity index (χ1v) is 8.39. The molecule has 0 aliphatic rings. The third-order valence-corrected chi connectivity index (χ3v) is 3.52. The van der Waals surface area contributed by atoms with Crippen LogP contribution >= 0.6 is 0 Å². The largest absolute Gasteiger partial charge is 0.484 e. The van der Waals surface area contributed by atoms with E-state index in [1.807, 2.05) is 24.3 Å². The number of amides is 2. The van der Waals surface area contributed by atoms with Crippen LogP contribution in [0.4, 0.5) is 11.4 Å². The molecule has 2 N–H and O–H groups in total. The number of carbonyl (C=O) groups excluding carboxylic acids is 2. The van der Waals surface area contributed by atoms with Crippen molar-refractivity contribution in [2.75, 3.05) is 17.2 Å². The highest BCUT2D eigenvalue weighted by molar-refractivity contribution is 5.94. The van der Waals surface area contributed by atoms with Crippen molar-refractivity contribution < 1.29 is 14.3 Å². The van der Waals surface area contributed by atoms with Crippen molar-refractivity contribution in [3.63, 3.8) is 0 Å². The van der Waals surface area contributed by atoms with Crippen LogP contribution in [0.1, 0.15) is 25.3 Å². The van der Waals surface area contributed by atoms with Gasteiger partial charge in [-0.05, 0) is 48.4 Å². The Morgan fingerprint density at radius 1 is 0.962 bits per heavy atom. The zero-order chi connectivity index (χ0) is 18.8. The molecular formula is C20H21N3O3. The molecule has 0 bridgehead atoms. The van der Waals surface area contributed by atoms with Crippen molar-refractivity contribution in [2.45, 2.75) is 26.2 Å². The summed E-state index contributed by atoms with van der Waals surface area (Å²) in [6, 6.07) is 16.1. The number of anilines is 2. The molecule has 2 amide bonds. The molecular weight excluding hydrogens is 330 g/mol. The Labute approximate surface area is 152 Å². The maximum atomic E-state index is 12.0. The van der Waals surface area contributed by atoms with Gasteiger partial charge in [0, 0.05) is 11.4 Å². The number of nitrogens with one attached hydrogen (secondary N) is 2. The lowest BCUT2D eigenvalue weighted by molar-refractivity contribution is -0.118. The van der Waals surface area contributed by atoms with Crippen molar-refractivity contribution in [3.8, 4) is 11.8 Å². The standard InChI is InChI=1S/C20H21N3O3/c1-2-3-15-4-10-18(11-5-15)26-14-20(25)23-17-8-6-16(7-9-17)22-19(24)12-13-21/h4-11H,2-3,12,14H2,1H3,(H,22,24)(H,23,25). The SMILES string of the molecule is CCCc1ccc(OCC(=O)Nc2ccc(NC(=O)CC#N)cc2)cc1. The minimum absolute atomic E-state index is 0.0895. The quantitative estimate of drug-likeness (QED) is 0.761. The lowest BCUT2D eigenvalue weighted by Gasteiger charge is -2.09. The van der Waals surface area contributed by atoms with Gasteiger partial charge in [0.2, 0.25) is 5.91 Å². The zero-order valence-corrected chi connectivity index (χ0v) is 14.6. The zero-order valence-electron chi connectivity index (χ0n) is 14.6. The third-order valence-electron chi connectivity index (χ3n) is 3.52. The average molecular weight is 351 g/mol. The molecule has 0 spiro atoms. The van der Waals surface area contributed by atoms with E-state index in [2.05, 4.69) is 17.6 Å². The van der Waals surface area contributed by atoms with E-state index in [1.165, 1.54) is 5.56 Å². The monoisotopic (exact) mass is 351 g/mol. The molecule has 0 aliphatic heterocycles. The second kappa shape index (κ2) is 9.84. The van der Waals surface area contributed by atoms with E-state index in [9.17, 15) is 9.59 Å². The lowest BCUT2D eigenvalue weighted by atomic mass is 10.1. The predicted octanol–water partition coefficient (Wildman–Crippen LogP) is 3.51. The minimum atomic E-state index is -0.373. The number of nitriles is 1. The number of carbonyl (C=O) groups is 2. The average Bonchev–Trinajstić information content (AvgIpc) is 2.63. The van der Waals surface area contributed by atoms with E-state index in [4.69, 9.17) is 10.00 Å². The molecule has 0 fully saturated rings. The van der Waals surface area contributed by atoms with Gasteiger partial charge in [0.25, 0.3) is 5.91 Å². The molecule has 0 saturated heterocycles. The number of aryl methyl sites for hydroxylation is 1. The van der Waals surface area contributed by atoms with Crippen LogP contribution in [0.5, 0.6) is 5.75 Å². The maximum absolute atomic E-state index is 12.0. The molecule has 0 saturated carbocycles. The molecule has 2 aromatic carbocycles. The Bertz CT molecular complexity index is 777. The molecule has 0 unspecified atom stereocenters. The Morgan fingerprint density at radius 2 is 1.54 bits per heavy atom. The summed E-state index contributed by atoms with van der Waals surface area (Å²) >= 11 is 0. The summed E-state index contributed by atoms with van der Waals surface area (Å²) in [6.45, 7) is 2.04. The van der Waals surface area contributed by atoms with Gasteiger partial charge in [-0.25, -0.2) is 0 Å². The fraction of sp³-hybridized carbons (Fsp3) is 0.250. The van der Waals surface area contributed by atoms with Gasteiger partial charge in [0.05, 0.1) is 6.07 Å². The van der Waals surface area contributed by atoms with E-state index in [0.29, 0.717) is 17.1 Å². The third kappa shape index (κ3) is 6.29. The van der Waals surface area contributed by atoms with E-state index in [-0.39, 0.29) is 24.8 Å². The van der Waals surface area contributed by atoms with Crippen LogP contribution in [0.2, 0.25) is 0 Å². The maximum Gasteiger partial charge on any atom is 0.262 e. The van der Waals surface area contributed by atoms with E-state index in [0.717, 1.165) is 12.8 Å². The second-order valence-electron chi connectivity index (χ2n) is 5.69. The first-order valence-electron chi connectivity index (χ1n) is 8.39. The number of rotatable bonds is 8. The molecule has 134 valence electrons. The van der Waals surface area contributed by atoms with Crippen LogP contribution < -0.4 is 15.4 Å². The first kappa shape index (κ1) is 19.0. The van der Waals surface area contributed by atoms with Crippen molar-refractivity contribution >= 4 is 23.2 Å². The Hall–Kier alpha value is -3.33. The van der Waals surface area contributed by atoms with Crippen molar-refractivity contribution in [3.05, 3.63) is 54.1 Å². The second-order valence-corrected chi connectivity index (χ2v) is 5.69. The smallest absolute Gasteiger partial charge is 0.262 e. The summed E-state index contributed by atoms with van der Waals surface area (Å²) in [5, 5.41) is 13.8. The van der Waals surface area contributed by atoms with Gasteiger partial charge in [-0.1, -0.05) is 25.5 Å². The van der Waals surface area contributed by atoms with Crippen LogP contribution in [-0.4, -0.2) is 18.4 Å². The number of ether oxygens (including phenoxy) is 1. The van der Waals surface area contributed by atoms with Crippen LogP contribution in [0.3, 0.4) is 0 Å².